The van der Waals surface area contributed by atoms with Crippen molar-refractivity contribution in [1.29, 1.82) is 0 Å². The summed E-state index contributed by atoms with van der Waals surface area (Å²) >= 11 is 0. The fourth-order valence-electron chi connectivity index (χ4n) is 2.61. The molecule has 4 heteroatoms. The molecule has 1 unspecified atom stereocenters. The summed E-state index contributed by atoms with van der Waals surface area (Å²) in [4.78, 5) is 2.13. The minimum absolute atomic E-state index is 0.0969. The number of aryl methyl sites for hydroxylation is 1. The van der Waals surface area contributed by atoms with E-state index in [2.05, 4.69) is 4.90 Å². The smallest absolute Gasteiger partial charge is 0.128 e. The Morgan fingerprint density at radius 1 is 1.39 bits per heavy atom. The van der Waals surface area contributed by atoms with Crippen molar-refractivity contribution in [3.8, 4) is 0 Å². The van der Waals surface area contributed by atoms with E-state index in [1.54, 1.807) is 13.0 Å². The third-order valence-corrected chi connectivity index (χ3v) is 3.71. The number of aliphatic hydroxyl groups excluding tert-OH is 1. The largest absolute Gasteiger partial charge is 0.397 e. The lowest BCUT2D eigenvalue weighted by molar-refractivity contribution is 0.255. The monoisotopic (exact) mass is 252 g/mol. The van der Waals surface area contributed by atoms with Crippen molar-refractivity contribution in [2.45, 2.75) is 38.6 Å². The van der Waals surface area contributed by atoms with E-state index in [1.165, 1.54) is 12.5 Å². The van der Waals surface area contributed by atoms with Crippen molar-refractivity contribution in [2.75, 3.05) is 23.8 Å². The maximum atomic E-state index is 13.4. The fraction of sp³-hybridized carbons (Fsp3) is 0.571. The van der Waals surface area contributed by atoms with Crippen LogP contribution >= 0.6 is 0 Å². The Balaban J connectivity index is 2.35. The van der Waals surface area contributed by atoms with Crippen molar-refractivity contribution in [2.24, 2.45) is 0 Å². The highest BCUT2D eigenvalue weighted by Crippen LogP contribution is 2.31. The molecular formula is C14H21FN2O. The second-order valence-corrected chi connectivity index (χ2v) is 5.04. The number of nitrogens with two attached hydrogens (primary N) is 1. The maximum Gasteiger partial charge on any atom is 0.128 e. The summed E-state index contributed by atoms with van der Waals surface area (Å²) in [6, 6.07) is 3.27. The van der Waals surface area contributed by atoms with Gasteiger partial charge in [-0.1, -0.05) is 12.8 Å². The van der Waals surface area contributed by atoms with Gasteiger partial charge in [-0.2, -0.15) is 0 Å². The second kappa shape index (κ2) is 5.57. The number of rotatable bonds is 2. The Labute approximate surface area is 107 Å². The van der Waals surface area contributed by atoms with E-state index in [0.29, 0.717) is 11.3 Å². The summed E-state index contributed by atoms with van der Waals surface area (Å²) in [5.74, 6) is -0.272. The van der Waals surface area contributed by atoms with Crippen LogP contribution in [0.2, 0.25) is 0 Å². The molecule has 1 aliphatic rings. The highest BCUT2D eigenvalue weighted by atomic mass is 19.1. The van der Waals surface area contributed by atoms with Crippen molar-refractivity contribution < 1.29 is 9.50 Å². The normalized spacial score (nSPS) is 20.8. The summed E-state index contributed by atoms with van der Waals surface area (Å²) in [5.41, 5.74) is 7.84. The second-order valence-electron chi connectivity index (χ2n) is 5.04. The predicted octanol–water partition coefficient (Wildman–Crippen LogP) is 2.46. The van der Waals surface area contributed by atoms with Crippen LogP contribution in [0, 0.1) is 12.7 Å². The number of anilines is 2. The lowest BCUT2D eigenvalue weighted by atomic mass is 10.1. The maximum absolute atomic E-state index is 13.4. The van der Waals surface area contributed by atoms with Crippen LogP contribution in [0.25, 0.3) is 0 Å². The molecule has 0 saturated carbocycles. The van der Waals surface area contributed by atoms with E-state index in [1.807, 2.05) is 0 Å². The molecule has 0 bridgehead atoms. The molecular weight excluding hydrogens is 231 g/mol. The summed E-state index contributed by atoms with van der Waals surface area (Å²) in [6.07, 6.45) is 4.35. The fourth-order valence-corrected chi connectivity index (χ4v) is 2.61. The molecule has 3 nitrogen and oxygen atoms in total. The van der Waals surface area contributed by atoms with E-state index >= 15 is 0 Å². The summed E-state index contributed by atoms with van der Waals surface area (Å²) in [7, 11) is 0. The molecule has 1 aromatic rings. The Hall–Kier alpha value is -1.29. The third-order valence-electron chi connectivity index (χ3n) is 3.71. The molecule has 0 radical (unpaired) electrons. The van der Waals surface area contributed by atoms with Crippen LogP contribution in [0.1, 0.15) is 31.2 Å². The van der Waals surface area contributed by atoms with E-state index < -0.39 is 0 Å². The highest BCUT2D eigenvalue weighted by Gasteiger charge is 2.22. The van der Waals surface area contributed by atoms with Gasteiger partial charge in [0.15, 0.2) is 0 Å². The van der Waals surface area contributed by atoms with Crippen LogP contribution in [-0.2, 0) is 0 Å². The molecule has 0 aliphatic carbocycles. The molecule has 0 spiro atoms. The van der Waals surface area contributed by atoms with Crippen molar-refractivity contribution in [1.82, 2.24) is 0 Å². The lowest BCUT2D eigenvalue weighted by Gasteiger charge is -2.32. The SMILES string of the molecule is Cc1cc(N2CCCCCC2CO)c(N)cc1F. The molecule has 1 atom stereocenters. The van der Waals surface area contributed by atoms with Gasteiger partial charge in [0.2, 0.25) is 0 Å². The van der Waals surface area contributed by atoms with Crippen LogP contribution in [0.5, 0.6) is 0 Å². The molecule has 3 N–H and O–H groups in total. The van der Waals surface area contributed by atoms with Gasteiger partial charge in [0.1, 0.15) is 5.82 Å². The first kappa shape index (κ1) is 13.1. The zero-order valence-electron chi connectivity index (χ0n) is 10.8. The first-order valence-corrected chi connectivity index (χ1v) is 6.56. The molecule has 0 aromatic heterocycles. The molecule has 1 heterocycles. The van der Waals surface area contributed by atoms with Crippen LogP contribution in [0.3, 0.4) is 0 Å². The number of nitrogen functional groups attached to an aromatic ring is 1. The zero-order valence-corrected chi connectivity index (χ0v) is 10.8. The average Bonchev–Trinajstić information content (AvgIpc) is 2.58. The third kappa shape index (κ3) is 2.58. The van der Waals surface area contributed by atoms with Gasteiger partial charge < -0.3 is 15.7 Å². The number of hydrogen-bond donors (Lipinski definition) is 2. The molecule has 0 amide bonds. The predicted molar refractivity (Wildman–Crippen MR) is 72.2 cm³/mol. The Morgan fingerprint density at radius 2 is 2.17 bits per heavy atom. The number of hydrogen-bond acceptors (Lipinski definition) is 3. The molecule has 2 rings (SSSR count). The molecule has 1 aromatic carbocycles. The molecule has 1 saturated heterocycles. The number of nitrogens with zero attached hydrogens (tertiary/aromatic N) is 1. The lowest BCUT2D eigenvalue weighted by Crippen LogP contribution is -2.38. The van der Waals surface area contributed by atoms with Gasteiger partial charge in [-0.25, -0.2) is 4.39 Å². The van der Waals surface area contributed by atoms with Gasteiger partial charge in [0.05, 0.1) is 24.0 Å². The van der Waals surface area contributed by atoms with E-state index in [4.69, 9.17) is 5.73 Å². The summed E-state index contributed by atoms with van der Waals surface area (Å²) in [6.45, 7) is 2.74. The van der Waals surface area contributed by atoms with Gasteiger partial charge >= 0.3 is 0 Å². The van der Waals surface area contributed by atoms with Gasteiger partial charge in [-0.3, -0.25) is 0 Å². The van der Waals surface area contributed by atoms with Crippen LogP contribution in [0.4, 0.5) is 15.8 Å². The van der Waals surface area contributed by atoms with E-state index in [-0.39, 0.29) is 18.5 Å². The minimum atomic E-state index is -0.272. The Bertz CT molecular complexity index is 423. The number of benzene rings is 1. The van der Waals surface area contributed by atoms with Gasteiger partial charge in [0.25, 0.3) is 0 Å². The van der Waals surface area contributed by atoms with Crippen LogP contribution in [0.15, 0.2) is 12.1 Å². The van der Waals surface area contributed by atoms with Gasteiger partial charge in [-0.15, -0.1) is 0 Å². The first-order chi connectivity index (χ1) is 8.63. The van der Waals surface area contributed by atoms with Crippen molar-refractivity contribution >= 4 is 11.4 Å². The Morgan fingerprint density at radius 3 is 2.89 bits per heavy atom. The van der Waals surface area contributed by atoms with Gasteiger partial charge in [0, 0.05) is 6.54 Å². The Kier molecular flexibility index (Phi) is 4.07. The molecule has 100 valence electrons. The standard InChI is InChI=1S/C14H21FN2O/c1-10-7-14(13(16)8-12(10)15)17-6-4-2-3-5-11(17)9-18/h7-8,11,18H,2-6,9,16H2,1H3. The molecule has 1 fully saturated rings. The quantitative estimate of drug-likeness (QED) is 0.795. The topological polar surface area (TPSA) is 49.5 Å². The average molecular weight is 252 g/mol. The molecule has 18 heavy (non-hydrogen) atoms. The van der Waals surface area contributed by atoms with Crippen LogP contribution < -0.4 is 10.6 Å². The van der Waals surface area contributed by atoms with Crippen LogP contribution in [-0.4, -0.2) is 24.3 Å². The highest BCUT2D eigenvalue weighted by molar-refractivity contribution is 5.69. The van der Waals surface area contributed by atoms with Crippen molar-refractivity contribution in [3.63, 3.8) is 0 Å². The summed E-state index contributed by atoms with van der Waals surface area (Å²) < 4.78 is 13.4. The van der Waals surface area contributed by atoms with Crippen molar-refractivity contribution in [3.05, 3.63) is 23.5 Å². The summed E-state index contributed by atoms with van der Waals surface area (Å²) in [5, 5.41) is 9.51. The van der Waals surface area contributed by atoms with Gasteiger partial charge in [-0.05, 0) is 37.5 Å². The zero-order chi connectivity index (χ0) is 13.1. The van der Waals surface area contributed by atoms with E-state index in [0.717, 1.165) is 31.5 Å². The molecule has 1 aliphatic heterocycles. The number of halogens is 1. The minimum Gasteiger partial charge on any atom is -0.397 e. The van der Waals surface area contributed by atoms with E-state index in [9.17, 15) is 9.50 Å². The number of aliphatic hydroxyl groups is 1. The first-order valence-electron chi connectivity index (χ1n) is 6.56.